The number of hydrogen-bond acceptors (Lipinski definition) is 4. The van der Waals surface area contributed by atoms with Crippen LogP contribution in [0.1, 0.15) is 34.6 Å². The van der Waals surface area contributed by atoms with Gasteiger partial charge >= 0.3 is 11.9 Å². The van der Waals surface area contributed by atoms with E-state index in [2.05, 4.69) is 15.9 Å². The van der Waals surface area contributed by atoms with E-state index >= 15 is 0 Å². The number of aromatic nitrogens is 2. The fraction of sp³-hybridized carbons (Fsp3) is 0.316. The lowest BCUT2D eigenvalue weighted by Gasteiger charge is -2.11. The molecule has 3 rings (SSSR count). The predicted molar refractivity (Wildman–Crippen MR) is 109 cm³/mol. The van der Waals surface area contributed by atoms with Crippen molar-refractivity contribution in [1.29, 1.82) is 0 Å². The minimum atomic E-state index is -4.70. The molecule has 10 heteroatoms. The van der Waals surface area contributed by atoms with E-state index in [0.717, 1.165) is 28.0 Å². The maximum Gasteiger partial charge on any atom is 0.417 e. The second kappa shape index (κ2) is 7.56. The van der Waals surface area contributed by atoms with Gasteiger partial charge in [0.05, 0.1) is 20.3 Å². The van der Waals surface area contributed by atoms with Crippen LogP contribution in [0.15, 0.2) is 38.3 Å². The van der Waals surface area contributed by atoms with Crippen LogP contribution in [-0.4, -0.2) is 14.9 Å². The van der Waals surface area contributed by atoms with Crippen molar-refractivity contribution >= 4 is 43.3 Å². The molecule has 0 atom stereocenters. The van der Waals surface area contributed by atoms with E-state index in [9.17, 15) is 27.6 Å². The number of carbonyl (C=O) groups is 1. The van der Waals surface area contributed by atoms with Crippen molar-refractivity contribution < 1.29 is 18.0 Å². The van der Waals surface area contributed by atoms with E-state index in [0.29, 0.717) is 6.54 Å². The summed E-state index contributed by atoms with van der Waals surface area (Å²) < 4.78 is 42.4. The van der Waals surface area contributed by atoms with E-state index in [4.69, 9.17) is 0 Å². The Balaban J connectivity index is 2.32. The lowest BCUT2D eigenvalue weighted by molar-refractivity contribution is -0.137. The summed E-state index contributed by atoms with van der Waals surface area (Å²) in [4.78, 5) is 38.4. The van der Waals surface area contributed by atoms with Gasteiger partial charge in [0.25, 0.3) is 5.56 Å². The van der Waals surface area contributed by atoms with Gasteiger partial charge in [-0.1, -0.05) is 32.0 Å². The predicted octanol–water partition coefficient (Wildman–Crippen LogP) is 4.43. The Morgan fingerprint density at radius 1 is 1.21 bits per heavy atom. The Bertz CT molecular complexity index is 1240. The summed E-state index contributed by atoms with van der Waals surface area (Å²) in [5.74, 6) is -0.795. The third-order valence-corrected chi connectivity index (χ3v) is 6.61. The highest BCUT2D eigenvalue weighted by Crippen LogP contribution is 2.38. The molecule has 3 aromatic rings. The monoisotopic (exact) mass is 488 g/mol. The van der Waals surface area contributed by atoms with Crippen LogP contribution in [0.2, 0.25) is 0 Å². The van der Waals surface area contributed by atoms with E-state index in [1.165, 1.54) is 23.7 Å². The average Bonchev–Trinajstić information content (AvgIpc) is 2.99. The van der Waals surface area contributed by atoms with Gasteiger partial charge in [0, 0.05) is 19.2 Å². The van der Waals surface area contributed by atoms with Gasteiger partial charge in [-0.2, -0.15) is 13.2 Å². The molecule has 0 aliphatic carbocycles. The molecule has 29 heavy (non-hydrogen) atoms. The summed E-state index contributed by atoms with van der Waals surface area (Å²) in [6.45, 7) is 4.07. The van der Waals surface area contributed by atoms with Crippen LogP contribution in [0.3, 0.4) is 0 Å². The van der Waals surface area contributed by atoms with Gasteiger partial charge in [0.1, 0.15) is 4.83 Å². The maximum atomic E-state index is 13.3. The van der Waals surface area contributed by atoms with Gasteiger partial charge < -0.3 is 0 Å². The summed E-state index contributed by atoms with van der Waals surface area (Å²) in [5, 5.41) is 0.102. The molecule has 2 aromatic heterocycles. The van der Waals surface area contributed by atoms with Gasteiger partial charge in [-0.05, 0) is 27.9 Å². The lowest BCUT2D eigenvalue weighted by Crippen LogP contribution is -2.38. The summed E-state index contributed by atoms with van der Waals surface area (Å²) in [7, 11) is 1.32. The Kier molecular flexibility index (Phi) is 5.61. The molecule has 0 saturated carbocycles. The van der Waals surface area contributed by atoms with E-state index in [1.807, 2.05) is 13.8 Å². The molecule has 2 heterocycles. The van der Waals surface area contributed by atoms with E-state index in [-0.39, 0.29) is 25.5 Å². The van der Waals surface area contributed by atoms with Crippen molar-refractivity contribution in [2.75, 3.05) is 0 Å². The number of nitrogens with zero attached hydrogens (tertiary/aromatic N) is 2. The Hall–Kier alpha value is -2.20. The smallest absolute Gasteiger partial charge is 0.288 e. The van der Waals surface area contributed by atoms with Crippen LogP contribution >= 0.6 is 27.3 Å². The third kappa shape index (κ3) is 3.71. The first-order valence-corrected chi connectivity index (χ1v) is 10.2. The van der Waals surface area contributed by atoms with Gasteiger partial charge in [-0.25, -0.2) is 4.79 Å². The van der Waals surface area contributed by atoms with Crippen molar-refractivity contribution in [2.45, 2.75) is 26.6 Å². The molecule has 0 spiro atoms. The molecular weight excluding hydrogens is 473 g/mol. The van der Waals surface area contributed by atoms with Gasteiger partial charge in [0.15, 0.2) is 0 Å². The van der Waals surface area contributed by atoms with Crippen LogP contribution in [-0.2, 0) is 19.8 Å². The number of halogens is 4. The zero-order chi connectivity index (χ0) is 21.7. The molecule has 0 saturated heterocycles. The molecule has 0 fully saturated rings. The standard InChI is InChI=1S/C19H16BrF3N2O3S/c1-9(2)8-25-17-12(16(27)24(3)18(25)28)13(20)15(29-17)14(26)10-6-4-5-7-11(10)19(21,22)23/h4-7,9H,8H2,1-3H3. The van der Waals surface area contributed by atoms with Crippen molar-refractivity contribution in [1.82, 2.24) is 9.13 Å². The van der Waals surface area contributed by atoms with Crippen molar-refractivity contribution in [2.24, 2.45) is 13.0 Å². The molecule has 154 valence electrons. The Labute approximate surface area is 175 Å². The van der Waals surface area contributed by atoms with Crippen LogP contribution in [0.4, 0.5) is 13.2 Å². The quantitative estimate of drug-likeness (QED) is 0.510. The van der Waals surface area contributed by atoms with Crippen molar-refractivity contribution in [3.63, 3.8) is 0 Å². The summed E-state index contributed by atoms with van der Waals surface area (Å²) in [6, 6.07) is 4.48. The molecule has 0 aliphatic heterocycles. The fourth-order valence-electron chi connectivity index (χ4n) is 3.02. The molecule has 0 N–H and O–H groups in total. The molecule has 0 unspecified atom stereocenters. The van der Waals surface area contributed by atoms with Crippen LogP contribution in [0, 0.1) is 5.92 Å². The molecule has 0 aliphatic rings. The highest BCUT2D eigenvalue weighted by atomic mass is 79.9. The molecule has 0 amide bonds. The molecule has 0 radical (unpaired) electrons. The summed E-state index contributed by atoms with van der Waals surface area (Å²) >= 11 is 4.05. The Morgan fingerprint density at radius 2 is 1.83 bits per heavy atom. The fourth-order valence-corrected chi connectivity index (χ4v) is 5.07. The highest BCUT2D eigenvalue weighted by Gasteiger charge is 2.36. The largest absolute Gasteiger partial charge is 0.417 e. The number of rotatable bonds is 4. The van der Waals surface area contributed by atoms with Crippen molar-refractivity contribution in [3.05, 3.63) is 65.6 Å². The minimum Gasteiger partial charge on any atom is -0.288 e. The van der Waals surface area contributed by atoms with E-state index < -0.39 is 34.3 Å². The second-order valence-electron chi connectivity index (χ2n) is 6.95. The maximum absolute atomic E-state index is 13.3. The number of thiophene rings is 1. The normalized spacial score (nSPS) is 12.1. The number of fused-ring (bicyclic) bond motifs is 1. The molecule has 5 nitrogen and oxygen atoms in total. The molecule has 0 bridgehead atoms. The first-order valence-electron chi connectivity index (χ1n) is 8.57. The topological polar surface area (TPSA) is 61.1 Å². The molecule has 1 aromatic carbocycles. The summed E-state index contributed by atoms with van der Waals surface area (Å²) in [6.07, 6.45) is -4.70. The molecular formula is C19H16BrF3N2O3S. The highest BCUT2D eigenvalue weighted by molar-refractivity contribution is 9.10. The lowest BCUT2D eigenvalue weighted by atomic mass is 10.0. The summed E-state index contributed by atoms with van der Waals surface area (Å²) in [5.41, 5.74) is -2.72. The first kappa shape index (κ1) is 21.5. The minimum absolute atomic E-state index is 0.0584. The zero-order valence-corrected chi connectivity index (χ0v) is 18.0. The van der Waals surface area contributed by atoms with Crippen LogP contribution < -0.4 is 11.2 Å². The number of hydrogen-bond donors (Lipinski definition) is 0. The number of carbonyl (C=O) groups excluding carboxylic acids is 1. The average molecular weight is 489 g/mol. The van der Waals surface area contributed by atoms with Gasteiger partial charge in [-0.3, -0.25) is 18.7 Å². The number of ketones is 1. The second-order valence-corrected chi connectivity index (χ2v) is 8.74. The van der Waals surface area contributed by atoms with Crippen LogP contribution in [0.5, 0.6) is 0 Å². The van der Waals surface area contributed by atoms with Crippen molar-refractivity contribution in [3.8, 4) is 0 Å². The van der Waals surface area contributed by atoms with E-state index in [1.54, 1.807) is 0 Å². The van der Waals surface area contributed by atoms with Gasteiger partial charge in [-0.15, -0.1) is 11.3 Å². The third-order valence-electron chi connectivity index (χ3n) is 4.34. The SMILES string of the molecule is CC(C)Cn1c(=O)n(C)c(=O)c2c(Br)c(C(=O)c3ccccc3C(F)(F)F)sc21. The zero-order valence-electron chi connectivity index (χ0n) is 15.6. The number of benzene rings is 1. The van der Waals surface area contributed by atoms with Crippen LogP contribution in [0.25, 0.3) is 10.2 Å². The number of alkyl halides is 3. The Morgan fingerprint density at radius 3 is 2.41 bits per heavy atom. The van der Waals surface area contributed by atoms with Gasteiger partial charge in [0.2, 0.25) is 5.78 Å². The first-order chi connectivity index (χ1) is 13.4.